The van der Waals surface area contributed by atoms with Crippen molar-refractivity contribution in [3.05, 3.63) is 71.0 Å². The molecule has 0 aliphatic heterocycles. The average molecular weight is 456 g/mol. The SMILES string of the molecule is Cc1cc(C)c(S(=O)(=O)NCCOc2ccc3nnc(-c4ccc(F)cc4)n3n2)cc1C. The number of sulfonamides is 1. The van der Waals surface area contributed by atoms with Gasteiger partial charge in [0.2, 0.25) is 15.9 Å². The van der Waals surface area contributed by atoms with Crippen molar-refractivity contribution in [2.45, 2.75) is 25.7 Å². The van der Waals surface area contributed by atoms with Crippen molar-refractivity contribution >= 4 is 15.7 Å². The van der Waals surface area contributed by atoms with Crippen LogP contribution in [0.15, 0.2) is 53.4 Å². The van der Waals surface area contributed by atoms with Gasteiger partial charge < -0.3 is 4.74 Å². The number of ether oxygens (including phenoxy) is 1. The molecule has 2 aromatic heterocycles. The first-order valence-corrected chi connectivity index (χ1v) is 11.4. The fourth-order valence-corrected chi connectivity index (χ4v) is 4.58. The summed E-state index contributed by atoms with van der Waals surface area (Å²) in [6.45, 7) is 5.75. The van der Waals surface area contributed by atoms with E-state index in [1.165, 1.54) is 16.6 Å². The van der Waals surface area contributed by atoms with Gasteiger partial charge in [-0.25, -0.2) is 17.5 Å². The van der Waals surface area contributed by atoms with Gasteiger partial charge >= 0.3 is 0 Å². The van der Waals surface area contributed by atoms with Crippen LogP contribution in [0.1, 0.15) is 16.7 Å². The van der Waals surface area contributed by atoms with E-state index >= 15 is 0 Å². The van der Waals surface area contributed by atoms with E-state index in [9.17, 15) is 12.8 Å². The molecule has 0 amide bonds. The van der Waals surface area contributed by atoms with Gasteiger partial charge in [-0.3, -0.25) is 0 Å². The number of halogens is 1. The predicted molar refractivity (Wildman–Crippen MR) is 118 cm³/mol. The molecule has 166 valence electrons. The van der Waals surface area contributed by atoms with E-state index in [1.54, 1.807) is 37.3 Å². The molecule has 2 heterocycles. The molecular formula is C22H22FN5O3S. The summed E-state index contributed by atoms with van der Waals surface area (Å²) in [6.07, 6.45) is 0. The summed E-state index contributed by atoms with van der Waals surface area (Å²) in [5, 5.41) is 12.5. The zero-order chi connectivity index (χ0) is 22.9. The monoisotopic (exact) mass is 455 g/mol. The first-order chi connectivity index (χ1) is 15.2. The van der Waals surface area contributed by atoms with E-state index in [4.69, 9.17) is 4.74 Å². The minimum Gasteiger partial charge on any atom is -0.475 e. The summed E-state index contributed by atoms with van der Waals surface area (Å²) < 4.78 is 48.2. The molecule has 0 fully saturated rings. The van der Waals surface area contributed by atoms with Crippen LogP contribution in [0.5, 0.6) is 5.88 Å². The van der Waals surface area contributed by atoms with Gasteiger partial charge in [-0.05, 0) is 73.9 Å². The Morgan fingerprint density at radius 2 is 1.69 bits per heavy atom. The molecule has 0 saturated carbocycles. The van der Waals surface area contributed by atoms with Crippen molar-refractivity contribution in [2.24, 2.45) is 0 Å². The smallest absolute Gasteiger partial charge is 0.240 e. The Bertz CT molecular complexity index is 1380. The molecule has 32 heavy (non-hydrogen) atoms. The highest BCUT2D eigenvalue weighted by Crippen LogP contribution is 2.21. The fraction of sp³-hybridized carbons (Fsp3) is 0.227. The molecule has 8 nitrogen and oxygen atoms in total. The highest BCUT2D eigenvalue weighted by molar-refractivity contribution is 7.89. The van der Waals surface area contributed by atoms with Gasteiger partial charge in [0.25, 0.3) is 0 Å². The van der Waals surface area contributed by atoms with Crippen LogP contribution in [0.4, 0.5) is 4.39 Å². The third kappa shape index (κ3) is 4.46. The number of aryl methyl sites for hydroxylation is 3. The van der Waals surface area contributed by atoms with E-state index < -0.39 is 10.0 Å². The number of hydrogen-bond acceptors (Lipinski definition) is 6. The molecule has 0 unspecified atom stereocenters. The molecule has 0 radical (unpaired) electrons. The lowest BCUT2D eigenvalue weighted by molar-refractivity contribution is 0.306. The Labute approximate surface area is 185 Å². The minimum absolute atomic E-state index is 0.0708. The summed E-state index contributed by atoms with van der Waals surface area (Å²) >= 11 is 0. The third-order valence-corrected chi connectivity index (χ3v) is 6.67. The summed E-state index contributed by atoms with van der Waals surface area (Å²) in [7, 11) is -3.66. The number of benzene rings is 2. The molecule has 10 heteroatoms. The van der Waals surface area contributed by atoms with Crippen molar-refractivity contribution in [3.63, 3.8) is 0 Å². The van der Waals surface area contributed by atoms with Crippen molar-refractivity contribution in [1.82, 2.24) is 24.5 Å². The van der Waals surface area contributed by atoms with Gasteiger partial charge in [0.05, 0.1) is 4.90 Å². The van der Waals surface area contributed by atoms with Crippen molar-refractivity contribution in [2.75, 3.05) is 13.2 Å². The Morgan fingerprint density at radius 1 is 0.969 bits per heavy atom. The number of aromatic nitrogens is 4. The van der Waals surface area contributed by atoms with Crippen molar-refractivity contribution < 1.29 is 17.5 Å². The Balaban J connectivity index is 1.44. The van der Waals surface area contributed by atoms with Crippen LogP contribution in [0, 0.1) is 26.6 Å². The number of rotatable bonds is 7. The normalized spacial score (nSPS) is 11.8. The van der Waals surface area contributed by atoms with Gasteiger partial charge in [0.1, 0.15) is 12.4 Å². The van der Waals surface area contributed by atoms with Crippen LogP contribution in [0.25, 0.3) is 17.0 Å². The third-order valence-electron chi connectivity index (χ3n) is 5.07. The lowest BCUT2D eigenvalue weighted by Crippen LogP contribution is -2.29. The number of hydrogen-bond donors (Lipinski definition) is 1. The quantitative estimate of drug-likeness (QED) is 0.430. The number of nitrogens with one attached hydrogen (secondary N) is 1. The van der Waals surface area contributed by atoms with Gasteiger partial charge in [-0.1, -0.05) is 6.07 Å². The van der Waals surface area contributed by atoms with Crippen LogP contribution in [-0.4, -0.2) is 41.4 Å². The minimum atomic E-state index is -3.66. The molecule has 0 spiro atoms. The Morgan fingerprint density at radius 3 is 2.44 bits per heavy atom. The van der Waals surface area contributed by atoms with Gasteiger partial charge in [0, 0.05) is 18.2 Å². The van der Waals surface area contributed by atoms with E-state index in [2.05, 4.69) is 20.0 Å². The first-order valence-electron chi connectivity index (χ1n) is 9.93. The second-order valence-corrected chi connectivity index (χ2v) is 9.16. The second-order valence-electron chi connectivity index (χ2n) is 7.42. The van der Waals surface area contributed by atoms with Gasteiger partial charge in [0.15, 0.2) is 11.5 Å². The van der Waals surface area contributed by atoms with E-state index in [1.807, 2.05) is 19.9 Å². The van der Waals surface area contributed by atoms with Crippen LogP contribution in [0.3, 0.4) is 0 Å². The van der Waals surface area contributed by atoms with Crippen molar-refractivity contribution in [1.29, 1.82) is 0 Å². The molecule has 4 aromatic rings. The summed E-state index contributed by atoms with van der Waals surface area (Å²) in [4.78, 5) is 0.258. The number of nitrogens with zero attached hydrogens (tertiary/aromatic N) is 4. The molecule has 0 bridgehead atoms. The maximum Gasteiger partial charge on any atom is 0.240 e. The summed E-state index contributed by atoms with van der Waals surface area (Å²) in [5.41, 5.74) is 3.80. The van der Waals surface area contributed by atoms with E-state index in [0.717, 1.165) is 11.1 Å². The lowest BCUT2D eigenvalue weighted by Gasteiger charge is -2.12. The van der Waals surface area contributed by atoms with Crippen LogP contribution in [-0.2, 0) is 10.0 Å². The van der Waals surface area contributed by atoms with Crippen LogP contribution < -0.4 is 9.46 Å². The lowest BCUT2D eigenvalue weighted by atomic mass is 10.1. The highest BCUT2D eigenvalue weighted by Gasteiger charge is 2.17. The zero-order valence-corrected chi connectivity index (χ0v) is 18.6. The topological polar surface area (TPSA) is 98.5 Å². The predicted octanol–water partition coefficient (Wildman–Crippen LogP) is 3.21. The molecule has 0 atom stereocenters. The average Bonchev–Trinajstić information content (AvgIpc) is 3.17. The summed E-state index contributed by atoms with van der Waals surface area (Å²) in [5.74, 6) is 0.372. The molecule has 0 saturated heterocycles. The standard InChI is InChI=1S/C22H22FN5O3S/c1-14-12-16(3)19(13-15(14)2)32(29,30)24-10-11-31-21-9-8-20-25-26-22(28(20)27-21)17-4-6-18(23)7-5-17/h4-9,12-13,24H,10-11H2,1-3H3. The maximum atomic E-state index is 13.2. The Hall–Kier alpha value is -3.37. The Kier molecular flexibility index (Phi) is 5.90. The van der Waals surface area contributed by atoms with E-state index in [0.29, 0.717) is 22.6 Å². The molecule has 0 aliphatic rings. The van der Waals surface area contributed by atoms with Gasteiger partial charge in [-0.15, -0.1) is 15.3 Å². The molecular weight excluding hydrogens is 433 g/mol. The van der Waals surface area contributed by atoms with E-state index in [-0.39, 0.29) is 29.7 Å². The number of fused-ring (bicyclic) bond motifs is 1. The largest absolute Gasteiger partial charge is 0.475 e. The molecule has 0 aliphatic carbocycles. The highest BCUT2D eigenvalue weighted by atomic mass is 32.2. The molecule has 2 aromatic carbocycles. The zero-order valence-electron chi connectivity index (χ0n) is 17.8. The molecule has 1 N–H and O–H groups in total. The second kappa shape index (κ2) is 8.64. The molecule has 4 rings (SSSR count). The van der Waals surface area contributed by atoms with Crippen LogP contribution >= 0.6 is 0 Å². The maximum absolute atomic E-state index is 13.2. The first kappa shape index (κ1) is 21.8. The van der Waals surface area contributed by atoms with Crippen LogP contribution in [0.2, 0.25) is 0 Å². The van der Waals surface area contributed by atoms with Crippen molar-refractivity contribution in [3.8, 4) is 17.3 Å². The summed E-state index contributed by atoms with van der Waals surface area (Å²) in [6, 6.07) is 12.7. The van der Waals surface area contributed by atoms with Gasteiger partial charge in [-0.2, -0.15) is 4.52 Å². The fourth-order valence-electron chi connectivity index (χ4n) is 3.26.